The number of hydrogen-bond acceptors (Lipinski definition) is 7. The molecule has 8 rings (SSSR count). The second kappa shape index (κ2) is 11.5. The third-order valence-corrected chi connectivity index (χ3v) is 10.2. The maximum absolute atomic E-state index is 6.95. The fraction of sp³-hybridized carbons (Fsp3) is 0.257. The molecule has 3 atom stereocenters. The molecule has 6 aromatic rings. The van der Waals surface area contributed by atoms with Crippen LogP contribution in [0.3, 0.4) is 0 Å². The van der Waals surface area contributed by atoms with Gasteiger partial charge < -0.3 is 9.88 Å². The maximum atomic E-state index is 6.95. The second-order valence-electron chi connectivity index (χ2n) is 11.7. The van der Waals surface area contributed by atoms with Crippen LogP contribution in [0.4, 0.5) is 5.82 Å². The molecule has 1 saturated carbocycles. The quantitative estimate of drug-likeness (QED) is 0.169. The van der Waals surface area contributed by atoms with E-state index in [1.165, 1.54) is 22.9 Å². The van der Waals surface area contributed by atoms with Crippen LogP contribution in [0.2, 0.25) is 5.02 Å². The average molecular weight is 618 g/mol. The topological polar surface area (TPSA) is 73.8 Å². The Kier molecular flexibility index (Phi) is 7.21. The normalized spacial score (nSPS) is 19.2. The van der Waals surface area contributed by atoms with Gasteiger partial charge in [-0.25, -0.2) is 9.97 Å². The van der Waals surface area contributed by atoms with E-state index in [1.807, 2.05) is 24.4 Å². The summed E-state index contributed by atoms with van der Waals surface area (Å²) in [6.07, 6.45) is 4.46. The van der Waals surface area contributed by atoms with Crippen LogP contribution in [-0.2, 0) is 19.5 Å². The lowest BCUT2D eigenvalue weighted by molar-refractivity contribution is 0.222. The molecule has 2 fully saturated rings. The van der Waals surface area contributed by atoms with Crippen molar-refractivity contribution in [2.45, 2.75) is 42.5 Å². The molecular weight excluding hydrogens is 586 g/mol. The zero-order chi connectivity index (χ0) is 29.6. The minimum absolute atomic E-state index is 0.543. The summed E-state index contributed by atoms with van der Waals surface area (Å²) < 4.78 is 0. The minimum Gasteiger partial charge on any atom is -0.355 e. The van der Waals surface area contributed by atoms with Gasteiger partial charge in [0.1, 0.15) is 11.5 Å². The smallest absolute Gasteiger partial charge is 0.196 e. The summed E-state index contributed by atoms with van der Waals surface area (Å²) in [4.78, 5) is 28.6. The fourth-order valence-electron chi connectivity index (χ4n) is 6.80. The van der Waals surface area contributed by atoms with Gasteiger partial charge in [-0.15, -0.1) is 0 Å². The molecule has 1 unspecified atom stereocenters. The lowest BCUT2D eigenvalue weighted by Gasteiger charge is -2.28. The number of H-pyrrole nitrogens is 1. The van der Waals surface area contributed by atoms with Crippen LogP contribution in [-0.4, -0.2) is 49.0 Å². The van der Waals surface area contributed by atoms with Crippen LogP contribution in [0, 0.1) is 11.8 Å². The highest BCUT2D eigenvalue weighted by Gasteiger charge is 2.58. The Morgan fingerprint density at radius 1 is 0.886 bits per heavy atom. The van der Waals surface area contributed by atoms with Crippen LogP contribution in [0.25, 0.3) is 22.1 Å². The Balaban J connectivity index is 1.08. The number of hydrogen-bond donors (Lipinski definition) is 1. The van der Waals surface area contributed by atoms with E-state index < -0.39 is 0 Å². The van der Waals surface area contributed by atoms with Crippen LogP contribution in [0.15, 0.2) is 101 Å². The number of fused-ring (bicyclic) bond motifs is 3. The maximum Gasteiger partial charge on any atom is 0.196 e. The minimum atomic E-state index is 0.543. The summed E-state index contributed by atoms with van der Waals surface area (Å²) in [7, 11) is 0. The number of nitrogens with zero attached hydrogens (tertiary/aromatic N) is 6. The van der Waals surface area contributed by atoms with Gasteiger partial charge in [-0.1, -0.05) is 79.2 Å². The molecule has 220 valence electrons. The summed E-state index contributed by atoms with van der Waals surface area (Å²) >= 11 is 8.46. The van der Waals surface area contributed by atoms with Crippen LogP contribution >= 0.6 is 23.4 Å². The number of aromatic nitrogens is 5. The van der Waals surface area contributed by atoms with Crippen molar-refractivity contribution in [1.82, 2.24) is 29.8 Å². The molecule has 7 nitrogen and oxygen atoms in total. The molecule has 2 aliphatic rings. The molecule has 2 aromatic carbocycles. The number of benzene rings is 2. The molecule has 0 spiro atoms. The highest BCUT2D eigenvalue weighted by Crippen LogP contribution is 2.52. The third-order valence-electron chi connectivity index (χ3n) is 8.94. The van der Waals surface area contributed by atoms with Crippen molar-refractivity contribution in [3.63, 3.8) is 0 Å². The zero-order valence-electron chi connectivity index (χ0n) is 24.4. The highest BCUT2D eigenvalue weighted by molar-refractivity contribution is 7.99. The van der Waals surface area contributed by atoms with Crippen molar-refractivity contribution in [2.75, 3.05) is 18.0 Å². The number of rotatable bonds is 9. The Morgan fingerprint density at radius 3 is 2.27 bits per heavy atom. The number of halogens is 1. The van der Waals surface area contributed by atoms with Gasteiger partial charge in [-0.2, -0.15) is 0 Å². The van der Waals surface area contributed by atoms with Crippen molar-refractivity contribution < 1.29 is 0 Å². The van der Waals surface area contributed by atoms with E-state index in [1.54, 1.807) is 6.20 Å². The van der Waals surface area contributed by atoms with E-state index in [0.29, 0.717) is 23.0 Å². The number of nitrogens with one attached hydrogen (secondary N) is 1. The van der Waals surface area contributed by atoms with E-state index in [4.69, 9.17) is 21.6 Å². The zero-order valence-corrected chi connectivity index (χ0v) is 26.0. The molecule has 1 aliphatic carbocycles. The summed E-state index contributed by atoms with van der Waals surface area (Å²) in [5, 5.41) is 2.34. The molecule has 0 bridgehead atoms. The summed E-state index contributed by atoms with van der Waals surface area (Å²) in [6, 6.07) is 28.1. The molecule has 0 amide bonds. The molecular formula is C35H32ClN7S. The number of aryl methyl sites for hydroxylation is 1. The predicted octanol–water partition coefficient (Wildman–Crippen LogP) is 7.41. The first-order chi connectivity index (χ1) is 21.6. The Morgan fingerprint density at radius 2 is 1.59 bits per heavy atom. The van der Waals surface area contributed by atoms with Crippen molar-refractivity contribution in [1.29, 1.82) is 0 Å². The van der Waals surface area contributed by atoms with Gasteiger partial charge in [0.05, 0.1) is 21.4 Å². The standard InChI is InChI=1S/C35H32ClN7S/c1-2-27-31(36)30-33(39-27)40-35(44-24-16-29-28(38-17-24)14-9-15-37-29)41-34(30)43-20-25-26(21-43)32(25)42(18-22-10-5-3-6-11-22)19-23-12-7-4-8-13-23/h3-17,25-26,32H,2,18-21H2,1H3,(H,39,40,41)/t25-,26+,32?. The molecule has 4 aromatic heterocycles. The lowest BCUT2D eigenvalue weighted by Crippen LogP contribution is -2.34. The monoisotopic (exact) mass is 617 g/mol. The molecule has 1 saturated heterocycles. The number of aromatic amines is 1. The SMILES string of the molecule is CCc1[nH]c2nc(Sc3cnc4cccnc4c3)nc(N3C[C@@H]4C(N(Cc5ccccc5)Cc5ccccc5)[C@@H]4C3)c2c1Cl. The van der Waals surface area contributed by atoms with E-state index >= 15 is 0 Å². The first-order valence-electron chi connectivity index (χ1n) is 15.2. The largest absolute Gasteiger partial charge is 0.355 e. The van der Waals surface area contributed by atoms with Crippen molar-refractivity contribution in [3.05, 3.63) is 113 Å². The Labute approximate surface area is 265 Å². The molecule has 44 heavy (non-hydrogen) atoms. The van der Waals surface area contributed by atoms with Gasteiger partial charge in [-0.05, 0) is 59.3 Å². The van der Waals surface area contributed by atoms with Crippen molar-refractivity contribution in [2.24, 2.45) is 11.8 Å². The van der Waals surface area contributed by atoms with Crippen LogP contribution in [0.1, 0.15) is 23.7 Å². The summed E-state index contributed by atoms with van der Waals surface area (Å²) in [5.41, 5.74) is 6.23. The summed E-state index contributed by atoms with van der Waals surface area (Å²) in [5.74, 6) is 2.10. The highest BCUT2D eigenvalue weighted by atomic mass is 35.5. The third kappa shape index (κ3) is 5.21. The Hall–Kier alpha value is -3.98. The van der Waals surface area contributed by atoms with Crippen molar-refractivity contribution in [3.8, 4) is 0 Å². The summed E-state index contributed by atoms with van der Waals surface area (Å²) in [6.45, 7) is 5.91. The van der Waals surface area contributed by atoms with E-state index in [2.05, 4.69) is 92.3 Å². The molecule has 0 radical (unpaired) electrons. The molecule has 9 heteroatoms. The van der Waals surface area contributed by atoms with Gasteiger partial charge >= 0.3 is 0 Å². The van der Waals surface area contributed by atoms with E-state index in [-0.39, 0.29) is 0 Å². The Bertz CT molecular complexity index is 1890. The molecule has 5 heterocycles. The van der Waals surface area contributed by atoms with Gasteiger partial charge in [0.2, 0.25) is 0 Å². The van der Waals surface area contributed by atoms with Gasteiger partial charge in [0, 0.05) is 55.2 Å². The number of pyridine rings is 2. The van der Waals surface area contributed by atoms with Crippen molar-refractivity contribution >= 4 is 51.2 Å². The van der Waals surface area contributed by atoms with Crippen LogP contribution < -0.4 is 4.90 Å². The fourth-order valence-corrected chi connectivity index (χ4v) is 7.91. The molecule has 1 aliphatic heterocycles. The average Bonchev–Trinajstić information content (AvgIpc) is 3.37. The van der Waals surface area contributed by atoms with E-state index in [9.17, 15) is 0 Å². The van der Waals surface area contributed by atoms with Gasteiger partial charge in [-0.3, -0.25) is 14.9 Å². The molecule has 1 N–H and O–H groups in total. The first kappa shape index (κ1) is 27.6. The van der Waals surface area contributed by atoms with Gasteiger partial charge in [0.15, 0.2) is 5.16 Å². The second-order valence-corrected chi connectivity index (χ2v) is 13.2. The number of piperidine rings is 1. The first-order valence-corrected chi connectivity index (χ1v) is 16.4. The number of anilines is 1. The van der Waals surface area contributed by atoms with E-state index in [0.717, 1.165) is 76.1 Å². The van der Waals surface area contributed by atoms with Crippen LogP contribution in [0.5, 0.6) is 0 Å². The van der Waals surface area contributed by atoms with Gasteiger partial charge in [0.25, 0.3) is 0 Å². The predicted molar refractivity (Wildman–Crippen MR) is 177 cm³/mol. The lowest BCUT2D eigenvalue weighted by atomic mass is 10.1.